The number of carbonyl (C=O) groups is 1. The molecule has 0 spiro atoms. The van der Waals surface area contributed by atoms with Gasteiger partial charge in [-0.15, -0.1) is 0 Å². The van der Waals surface area contributed by atoms with E-state index in [2.05, 4.69) is 28.9 Å². The fraction of sp³-hybridized carbons (Fsp3) is 0.393. The van der Waals surface area contributed by atoms with Crippen LogP contribution in [0.3, 0.4) is 0 Å². The molecule has 9 nitrogen and oxygen atoms in total. The maximum absolute atomic E-state index is 13.3. The number of nitrogens with zero attached hydrogens (tertiary/aromatic N) is 6. The molecule has 0 amide bonds. The van der Waals surface area contributed by atoms with E-state index in [1.165, 1.54) is 6.07 Å². The standard InChI is InChI=1S/C28H27F6N7O2S2/c1-15(2)14-41(17-9-11-40(12-10-17)26-37-24(39-45-26)28(32,33)34)21-8-7-16(18-5-3-4-6-19(18)22(42)43)13-20(21)35-25-36-23(38-44-25)27(29,30)31/h3-8,13,15,17H,9-12,14H2,1-2H3,(H,42,43)(H,35,36,38). The molecule has 0 unspecified atom stereocenters. The van der Waals surface area contributed by atoms with Crippen molar-refractivity contribution < 1.29 is 36.2 Å². The Bertz CT molecular complexity index is 1650. The molecular formula is C28H27F6N7O2S2. The number of benzene rings is 2. The van der Waals surface area contributed by atoms with E-state index in [0.29, 0.717) is 78.0 Å². The number of hydrogen-bond acceptors (Lipinski definition) is 10. The van der Waals surface area contributed by atoms with Gasteiger partial charge in [-0.1, -0.05) is 38.1 Å². The van der Waals surface area contributed by atoms with Gasteiger partial charge in [0.05, 0.1) is 16.9 Å². The smallest absolute Gasteiger partial charge is 0.452 e. The van der Waals surface area contributed by atoms with E-state index in [1.807, 2.05) is 13.8 Å². The molecule has 3 heterocycles. The van der Waals surface area contributed by atoms with Gasteiger partial charge in [0, 0.05) is 48.7 Å². The second-order valence-corrected chi connectivity index (χ2v) is 12.3. The molecule has 240 valence electrons. The number of hydrogen-bond donors (Lipinski definition) is 2. The Kier molecular flexibility index (Phi) is 9.21. The van der Waals surface area contributed by atoms with E-state index in [-0.39, 0.29) is 27.8 Å². The van der Waals surface area contributed by atoms with Crippen molar-refractivity contribution in [1.29, 1.82) is 0 Å². The van der Waals surface area contributed by atoms with Crippen LogP contribution in [0.5, 0.6) is 0 Å². The number of halogens is 6. The number of alkyl halides is 6. The average molecular weight is 672 g/mol. The van der Waals surface area contributed by atoms with Crippen LogP contribution in [0, 0.1) is 5.92 Å². The maximum atomic E-state index is 13.3. The molecule has 2 aromatic carbocycles. The summed E-state index contributed by atoms with van der Waals surface area (Å²) in [6, 6.07) is 11.6. The number of rotatable bonds is 9. The fourth-order valence-electron chi connectivity index (χ4n) is 5.15. The molecule has 45 heavy (non-hydrogen) atoms. The van der Waals surface area contributed by atoms with Gasteiger partial charge in [-0.25, -0.2) is 4.79 Å². The molecule has 0 atom stereocenters. The van der Waals surface area contributed by atoms with Gasteiger partial charge in [0.25, 0.3) is 0 Å². The monoisotopic (exact) mass is 671 g/mol. The summed E-state index contributed by atoms with van der Waals surface area (Å²) >= 11 is 1.25. The first-order chi connectivity index (χ1) is 21.2. The molecule has 1 aliphatic rings. The summed E-state index contributed by atoms with van der Waals surface area (Å²) in [6.45, 7) is 5.44. The minimum atomic E-state index is -4.73. The van der Waals surface area contributed by atoms with Crippen molar-refractivity contribution in [3.8, 4) is 11.1 Å². The number of anilines is 4. The van der Waals surface area contributed by atoms with Gasteiger partial charge in [-0.3, -0.25) is 0 Å². The van der Waals surface area contributed by atoms with Crippen LogP contribution in [0.15, 0.2) is 42.5 Å². The normalized spacial score (nSPS) is 14.6. The summed E-state index contributed by atoms with van der Waals surface area (Å²) in [4.78, 5) is 23.1. The minimum absolute atomic E-state index is 0.0586. The predicted molar refractivity (Wildman–Crippen MR) is 159 cm³/mol. The summed E-state index contributed by atoms with van der Waals surface area (Å²) < 4.78 is 85.9. The van der Waals surface area contributed by atoms with Gasteiger partial charge in [0.1, 0.15) is 0 Å². The van der Waals surface area contributed by atoms with E-state index >= 15 is 0 Å². The lowest BCUT2D eigenvalue weighted by molar-refractivity contribution is -0.144. The second kappa shape index (κ2) is 12.8. The number of aromatic carboxylic acids is 1. The highest BCUT2D eigenvalue weighted by Crippen LogP contribution is 2.39. The van der Waals surface area contributed by atoms with Gasteiger partial charge in [0.2, 0.25) is 21.9 Å². The maximum Gasteiger partial charge on any atom is 0.452 e. The van der Waals surface area contributed by atoms with Crippen LogP contribution in [0.4, 0.5) is 48.0 Å². The van der Waals surface area contributed by atoms with Crippen molar-refractivity contribution in [1.82, 2.24) is 18.7 Å². The predicted octanol–water partition coefficient (Wildman–Crippen LogP) is 7.67. The molecule has 2 aromatic heterocycles. The number of carboxylic acid groups (broad SMARTS) is 1. The van der Waals surface area contributed by atoms with Gasteiger partial charge >= 0.3 is 18.3 Å². The lowest BCUT2D eigenvalue weighted by Crippen LogP contribution is -2.46. The Morgan fingerprint density at radius 3 is 2.24 bits per heavy atom. The zero-order valence-electron chi connectivity index (χ0n) is 23.9. The molecule has 1 saturated heterocycles. The molecule has 2 N–H and O–H groups in total. The van der Waals surface area contributed by atoms with E-state index in [0.717, 1.165) is 0 Å². The Morgan fingerprint density at radius 1 is 1.00 bits per heavy atom. The van der Waals surface area contributed by atoms with Crippen molar-refractivity contribution in [2.45, 2.75) is 45.1 Å². The lowest BCUT2D eigenvalue weighted by atomic mass is 9.97. The van der Waals surface area contributed by atoms with Crippen LogP contribution in [0.25, 0.3) is 11.1 Å². The third-order valence-corrected chi connectivity index (χ3v) is 8.51. The molecule has 5 rings (SSSR count). The molecular weight excluding hydrogens is 644 g/mol. The topological polar surface area (TPSA) is 107 Å². The molecule has 1 aliphatic heterocycles. The largest absolute Gasteiger partial charge is 0.478 e. The van der Waals surface area contributed by atoms with Gasteiger partial charge in [-0.05, 0) is 48.1 Å². The number of piperidine rings is 1. The van der Waals surface area contributed by atoms with E-state index < -0.39 is 30.0 Å². The third-order valence-electron chi connectivity index (χ3n) is 7.10. The Hall–Kier alpha value is -3.99. The summed E-state index contributed by atoms with van der Waals surface area (Å²) in [6.07, 6.45) is -8.23. The zero-order chi connectivity index (χ0) is 32.5. The Labute approximate surface area is 261 Å². The van der Waals surface area contributed by atoms with Crippen LogP contribution in [0.1, 0.15) is 48.7 Å². The first-order valence-corrected chi connectivity index (χ1v) is 15.3. The number of nitrogens with one attached hydrogen (secondary N) is 1. The molecule has 1 fully saturated rings. The summed E-state index contributed by atoms with van der Waals surface area (Å²) in [5.74, 6) is -3.41. The molecule has 0 aliphatic carbocycles. The second-order valence-electron chi connectivity index (χ2n) is 10.8. The molecule has 0 bridgehead atoms. The van der Waals surface area contributed by atoms with Crippen molar-refractivity contribution >= 4 is 50.7 Å². The van der Waals surface area contributed by atoms with Gasteiger partial charge in [-0.2, -0.15) is 45.1 Å². The molecule has 17 heteroatoms. The van der Waals surface area contributed by atoms with E-state index in [4.69, 9.17) is 0 Å². The first kappa shape index (κ1) is 32.4. The molecule has 0 saturated carbocycles. The minimum Gasteiger partial charge on any atom is -0.478 e. The quantitative estimate of drug-likeness (QED) is 0.173. The van der Waals surface area contributed by atoms with Crippen LogP contribution in [-0.2, 0) is 12.4 Å². The summed E-state index contributed by atoms with van der Waals surface area (Å²) in [5.41, 5.74) is 2.06. The first-order valence-electron chi connectivity index (χ1n) is 13.8. The fourth-order valence-corrected chi connectivity index (χ4v) is 6.48. The Morgan fingerprint density at radius 2 is 1.64 bits per heavy atom. The highest BCUT2D eigenvalue weighted by Gasteiger charge is 2.38. The lowest BCUT2D eigenvalue weighted by Gasteiger charge is -2.41. The van der Waals surface area contributed by atoms with Crippen LogP contribution < -0.4 is 15.1 Å². The molecule has 4 aromatic rings. The van der Waals surface area contributed by atoms with Gasteiger partial charge < -0.3 is 20.2 Å². The number of carboxylic acids is 1. The van der Waals surface area contributed by atoms with E-state index in [9.17, 15) is 36.2 Å². The molecule has 0 radical (unpaired) electrons. The van der Waals surface area contributed by atoms with Crippen LogP contribution >= 0.6 is 23.1 Å². The van der Waals surface area contributed by atoms with Gasteiger partial charge in [0.15, 0.2) is 0 Å². The summed E-state index contributed by atoms with van der Waals surface area (Å²) in [7, 11) is 0. The van der Waals surface area contributed by atoms with Crippen molar-refractivity contribution in [2.24, 2.45) is 5.92 Å². The summed E-state index contributed by atoms with van der Waals surface area (Å²) in [5, 5.41) is 12.8. The van der Waals surface area contributed by atoms with Crippen LogP contribution in [-0.4, -0.2) is 55.5 Å². The number of aromatic nitrogens is 4. The SMILES string of the molecule is CC(C)CN(c1ccc(-c2ccccc2C(=O)O)cc1Nc1nc(C(F)(F)F)ns1)C1CCN(c2nc(C(F)(F)F)ns2)CC1. The highest BCUT2D eigenvalue weighted by molar-refractivity contribution is 7.10. The highest BCUT2D eigenvalue weighted by atomic mass is 32.1. The Balaban J connectivity index is 1.49. The third kappa shape index (κ3) is 7.46. The van der Waals surface area contributed by atoms with Crippen molar-refractivity contribution in [2.75, 3.05) is 34.8 Å². The van der Waals surface area contributed by atoms with Crippen LogP contribution in [0.2, 0.25) is 0 Å². The average Bonchev–Trinajstić information content (AvgIpc) is 3.67. The van der Waals surface area contributed by atoms with E-state index in [1.54, 1.807) is 41.3 Å². The van der Waals surface area contributed by atoms with Crippen molar-refractivity contribution in [3.63, 3.8) is 0 Å². The van der Waals surface area contributed by atoms with Crippen molar-refractivity contribution in [3.05, 3.63) is 59.7 Å². The zero-order valence-corrected chi connectivity index (χ0v) is 25.5.